The molecule has 3 aromatic rings. The first kappa shape index (κ1) is 14.7. The molecular weight excluding hydrogens is 308 g/mol. The molecule has 8 nitrogen and oxygen atoms in total. The largest absolute Gasteiger partial charge is 0.338 e. The third-order valence-electron chi connectivity index (χ3n) is 4.47. The lowest BCUT2D eigenvalue weighted by atomic mass is 10.0. The van der Waals surface area contributed by atoms with E-state index in [-0.39, 0.29) is 11.6 Å². The van der Waals surface area contributed by atoms with Crippen LogP contribution in [-0.4, -0.2) is 48.6 Å². The average Bonchev–Trinajstić information content (AvgIpc) is 3.26. The summed E-state index contributed by atoms with van der Waals surface area (Å²) in [5.74, 6) is 0.405. The van der Waals surface area contributed by atoms with E-state index in [1.54, 1.807) is 10.7 Å². The molecule has 8 heteroatoms. The third kappa shape index (κ3) is 2.70. The normalized spacial score (nSPS) is 17.7. The number of aromatic amines is 2. The van der Waals surface area contributed by atoms with Crippen molar-refractivity contribution in [3.8, 4) is 0 Å². The molecule has 1 aliphatic rings. The predicted molar refractivity (Wildman–Crippen MR) is 87.6 cm³/mol. The Kier molecular flexibility index (Phi) is 3.44. The molecule has 0 spiro atoms. The van der Waals surface area contributed by atoms with Crippen molar-refractivity contribution in [2.75, 3.05) is 13.1 Å². The van der Waals surface area contributed by atoms with Gasteiger partial charge in [0, 0.05) is 32.5 Å². The summed E-state index contributed by atoms with van der Waals surface area (Å²) in [6, 6.07) is 1.68. The summed E-state index contributed by atoms with van der Waals surface area (Å²) in [4.78, 5) is 35.2. The Morgan fingerprint density at radius 3 is 3.04 bits per heavy atom. The average molecular weight is 326 g/mol. The summed E-state index contributed by atoms with van der Waals surface area (Å²) in [6.45, 7) is 1.47. The Hall–Kier alpha value is -2.90. The number of imidazole rings is 1. The van der Waals surface area contributed by atoms with Crippen LogP contribution in [0, 0.1) is 5.92 Å². The molecule has 0 saturated carbocycles. The lowest BCUT2D eigenvalue weighted by molar-refractivity contribution is 0.0787. The fourth-order valence-corrected chi connectivity index (χ4v) is 3.31. The second-order valence-corrected chi connectivity index (χ2v) is 6.33. The minimum absolute atomic E-state index is 0.0415. The fraction of sp³-hybridized carbons (Fsp3) is 0.375. The third-order valence-corrected chi connectivity index (χ3v) is 4.47. The SMILES string of the molecule is Cn1cc(CC2CCN(C(=O)c3cnc4[nH]c(=O)[nH]c4c3)C2)cn1. The minimum Gasteiger partial charge on any atom is -0.338 e. The number of rotatable bonds is 3. The smallest absolute Gasteiger partial charge is 0.325 e. The number of fused-ring (bicyclic) bond motifs is 1. The standard InChI is InChI=1S/C16H18N6O2/c1-21-8-11(6-18-21)4-10-2-3-22(9-10)15(23)12-5-13-14(17-7-12)20-16(24)19-13/h5-8,10H,2-4,9H2,1H3,(H2,17,19,20,24). The molecule has 1 fully saturated rings. The van der Waals surface area contributed by atoms with Crippen molar-refractivity contribution >= 4 is 17.1 Å². The van der Waals surface area contributed by atoms with Gasteiger partial charge in [-0.1, -0.05) is 0 Å². The van der Waals surface area contributed by atoms with Gasteiger partial charge in [0.05, 0.1) is 17.3 Å². The van der Waals surface area contributed by atoms with Crippen LogP contribution in [0.1, 0.15) is 22.3 Å². The first-order valence-corrected chi connectivity index (χ1v) is 7.93. The molecule has 3 aromatic heterocycles. The van der Waals surface area contributed by atoms with Gasteiger partial charge in [0.1, 0.15) is 0 Å². The van der Waals surface area contributed by atoms with Crippen molar-refractivity contribution in [3.05, 3.63) is 46.3 Å². The molecule has 4 rings (SSSR count). The first-order chi connectivity index (χ1) is 11.6. The topological polar surface area (TPSA) is 99.7 Å². The van der Waals surface area contributed by atoms with E-state index in [9.17, 15) is 9.59 Å². The number of aromatic nitrogens is 5. The first-order valence-electron chi connectivity index (χ1n) is 7.93. The van der Waals surface area contributed by atoms with Gasteiger partial charge < -0.3 is 9.88 Å². The van der Waals surface area contributed by atoms with Crippen molar-refractivity contribution in [1.29, 1.82) is 0 Å². The number of carbonyl (C=O) groups is 1. The number of hydrogen-bond acceptors (Lipinski definition) is 4. The number of hydrogen-bond donors (Lipinski definition) is 2. The maximum atomic E-state index is 12.7. The van der Waals surface area contributed by atoms with E-state index < -0.39 is 0 Å². The van der Waals surface area contributed by atoms with Crippen LogP contribution in [0.3, 0.4) is 0 Å². The molecule has 1 saturated heterocycles. The van der Waals surface area contributed by atoms with Crippen LogP contribution in [0.15, 0.2) is 29.5 Å². The molecule has 1 atom stereocenters. The van der Waals surface area contributed by atoms with Gasteiger partial charge in [0.2, 0.25) is 0 Å². The van der Waals surface area contributed by atoms with Crippen molar-refractivity contribution < 1.29 is 4.79 Å². The molecule has 4 heterocycles. The van der Waals surface area contributed by atoms with Crippen LogP contribution in [0.25, 0.3) is 11.2 Å². The molecule has 1 unspecified atom stereocenters. The van der Waals surface area contributed by atoms with Gasteiger partial charge >= 0.3 is 5.69 Å². The zero-order valence-corrected chi connectivity index (χ0v) is 13.3. The summed E-state index contributed by atoms with van der Waals surface area (Å²) in [5, 5.41) is 4.19. The summed E-state index contributed by atoms with van der Waals surface area (Å²) in [6.07, 6.45) is 7.33. The Balaban J connectivity index is 1.47. The number of amides is 1. The summed E-state index contributed by atoms with van der Waals surface area (Å²) in [7, 11) is 1.91. The molecule has 124 valence electrons. The van der Waals surface area contributed by atoms with Crippen LogP contribution in [0.2, 0.25) is 0 Å². The highest BCUT2D eigenvalue weighted by Gasteiger charge is 2.27. The van der Waals surface area contributed by atoms with E-state index in [4.69, 9.17) is 0 Å². The van der Waals surface area contributed by atoms with Gasteiger partial charge in [-0.05, 0) is 30.4 Å². The number of H-pyrrole nitrogens is 2. The van der Waals surface area contributed by atoms with Crippen LogP contribution >= 0.6 is 0 Å². The van der Waals surface area contributed by atoms with E-state index >= 15 is 0 Å². The molecule has 0 bridgehead atoms. The van der Waals surface area contributed by atoms with Gasteiger partial charge in [0.25, 0.3) is 5.91 Å². The number of pyridine rings is 1. The zero-order chi connectivity index (χ0) is 16.7. The molecule has 1 amide bonds. The lowest BCUT2D eigenvalue weighted by Gasteiger charge is -2.16. The van der Waals surface area contributed by atoms with Crippen molar-refractivity contribution in [1.82, 2.24) is 29.6 Å². The predicted octanol–water partition coefficient (Wildman–Crippen LogP) is 0.689. The minimum atomic E-state index is -0.320. The van der Waals surface area contributed by atoms with Gasteiger partial charge in [0.15, 0.2) is 5.65 Å². The fourth-order valence-electron chi connectivity index (χ4n) is 3.31. The molecule has 0 radical (unpaired) electrons. The van der Waals surface area contributed by atoms with Crippen molar-refractivity contribution in [2.45, 2.75) is 12.8 Å². The summed E-state index contributed by atoms with van der Waals surface area (Å²) < 4.78 is 1.80. The van der Waals surface area contributed by atoms with Crippen LogP contribution in [0.5, 0.6) is 0 Å². The lowest BCUT2D eigenvalue weighted by Crippen LogP contribution is -2.29. The van der Waals surface area contributed by atoms with Gasteiger partial charge in [-0.25, -0.2) is 9.78 Å². The second kappa shape index (κ2) is 5.63. The molecular formula is C16H18N6O2. The maximum absolute atomic E-state index is 12.7. The number of aryl methyl sites for hydroxylation is 1. The zero-order valence-electron chi connectivity index (χ0n) is 13.3. The molecule has 0 aromatic carbocycles. The number of nitrogens with one attached hydrogen (secondary N) is 2. The van der Waals surface area contributed by atoms with Crippen molar-refractivity contribution in [3.63, 3.8) is 0 Å². The van der Waals surface area contributed by atoms with Crippen LogP contribution < -0.4 is 5.69 Å². The Labute approximate surface area is 137 Å². The highest BCUT2D eigenvalue weighted by atomic mass is 16.2. The number of carbonyl (C=O) groups excluding carboxylic acids is 1. The highest BCUT2D eigenvalue weighted by molar-refractivity contribution is 5.96. The molecule has 0 aliphatic carbocycles. The van der Waals surface area contributed by atoms with E-state index in [0.29, 0.717) is 22.6 Å². The van der Waals surface area contributed by atoms with Gasteiger partial charge in [-0.15, -0.1) is 0 Å². The monoisotopic (exact) mass is 326 g/mol. The summed E-state index contributed by atoms with van der Waals surface area (Å²) in [5.41, 5.74) is 2.40. The molecule has 1 aliphatic heterocycles. The van der Waals surface area contributed by atoms with E-state index in [0.717, 1.165) is 25.9 Å². The van der Waals surface area contributed by atoms with Gasteiger partial charge in [-0.3, -0.25) is 14.5 Å². The number of likely N-dealkylation sites (tertiary alicyclic amines) is 1. The summed E-state index contributed by atoms with van der Waals surface area (Å²) >= 11 is 0. The second-order valence-electron chi connectivity index (χ2n) is 6.33. The quantitative estimate of drug-likeness (QED) is 0.739. The van der Waals surface area contributed by atoms with E-state index in [1.807, 2.05) is 24.3 Å². The Bertz CT molecular complexity index is 953. The molecule has 2 N–H and O–H groups in total. The maximum Gasteiger partial charge on any atom is 0.325 e. The number of nitrogens with zero attached hydrogens (tertiary/aromatic N) is 4. The van der Waals surface area contributed by atoms with Crippen LogP contribution in [0.4, 0.5) is 0 Å². The van der Waals surface area contributed by atoms with Crippen molar-refractivity contribution in [2.24, 2.45) is 13.0 Å². The Morgan fingerprint density at radius 1 is 1.38 bits per heavy atom. The van der Waals surface area contributed by atoms with E-state index in [1.165, 1.54) is 11.8 Å². The molecule has 24 heavy (non-hydrogen) atoms. The van der Waals surface area contributed by atoms with Gasteiger partial charge in [-0.2, -0.15) is 5.10 Å². The van der Waals surface area contributed by atoms with Crippen LogP contribution in [-0.2, 0) is 13.5 Å². The van der Waals surface area contributed by atoms with E-state index in [2.05, 4.69) is 20.1 Å². The highest BCUT2D eigenvalue weighted by Crippen LogP contribution is 2.22. The Morgan fingerprint density at radius 2 is 2.25 bits per heavy atom.